The molecule has 0 amide bonds. The smallest absolute Gasteiger partial charge is 0.137 e. The number of hydrogen-bond acceptors (Lipinski definition) is 4. The van der Waals surface area contributed by atoms with Crippen molar-refractivity contribution in [2.75, 3.05) is 46.3 Å². The predicted molar refractivity (Wildman–Crippen MR) is 81.7 cm³/mol. The third kappa shape index (κ3) is 3.17. The van der Waals surface area contributed by atoms with Gasteiger partial charge in [0.1, 0.15) is 5.65 Å². The molecule has 0 spiro atoms. The van der Waals surface area contributed by atoms with Crippen molar-refractivity contribution in [2.45, 2.75) is 6.54 Å². The van der Waals surface area contributed by atoms with Gasteiger partial charge in [0.05, 0.1) is 0 Å². The molecule has 0 radical (unpaired) electrons. The molecule has 1 aliphatic rings. The summed E-state index contributed by atoms with van der Waals surface area (Å²) >= 11 is 0. The van der Waals surface area contributed by atoms with Gasteiger partial charge in [-0.25, -0.2) is 4.98 Å². The van der Waals surface area contributed by atoms with E-state index in [4.69, 9.17) is 0 Å². The molecule has 0 bridgehead atoms. The molecule has 5 heteroatoms. The van der Waals surface area contributed by atoms with Crippen LogP contribution in [0.4, 0.5) is 0 Å². The van der Waals surface area contributed by atoms with E-state index in [-0.39, 0.29) is 0 Å². The fourth-order valence-corrected chi connectivity index (χ4v) is 2.69. The number of fused-ring (bicyclic) bond motifs is 1. The van der Waals surface area contributed by atoms with Gasteiger partial charge in [0.2, 0.25) is 0 Å². The average molecular weight is 273 g/mol. The number of nitrogens with zero attached hydrogens (tertiary/aromatic N) is 3. The van der Waals surface area contributed by atoms with Crippen LogP contribution in [0.15, 0.2) is 24.5 Å². The molecular weight excluding hydrogens is 250 g/mol. The van der Waals surface area contributed by atoms with Crippen LogP contribution in [0.25, 0.3) is 11.0 Å². The van der Waals surface area contributed by atoms with Crippen molar-refractivity contribution in [1.29, 1.82) is 0 Å². The second-order valence-electron chi connectivity index (χ2n) is 5.54. The molecular formula is C15H23N5. The van der Waals surface area contributed by atoms with E-state index in [0.717, 1.165) is 25.3 Å². The third-order valence-electron chi connectivity index (χ3n) is 4.05. The summed E-state index contributed by atoms with van der Waals surface area (Å²) < 4.78 is 0. The van der Waals surface area contributed by atoms with Crippen LogP contribution in [0.1, 0.15) is 5.56 Å². The summed E-state index contributed by atoms with van der Waals surface area (Å²) in [6.07, 6.45) is 3.88. The molecule has 0 aliphatic carbocycles. The van der Waals surface area contributed by atoms with E-state index >= 15 is 0 Å². The first-order chi connectivity index (χ1) is 9.83. The average Bonchev–Trinajstić information content (AvgIpc) is 2.89. The summed E-state index contributed by atoms with van der Waals surface area (Å²) in [6, 6.07) is 4.11. The maximum atomic E-state index is 4.31. The Morgan fingerprint density at radius 1 is 1.30 bits per heavy atom. The molecule has 5 nitrogen and oxygen atoms in total. The van der Waals surface area contributed by atoms with Gasteiger partial charge in [0.15, 0.2) is 0 Å². The quantitative estimate of drug-likeness (QED) is 0.795. The largest absolute Gasteiger partial charge is 0.346 e. The number of nitrogens with one attached hydrogen (secondary N) is 2. The van der Waals surface area contributed by atoms with E-state index in [0.29, 0.717) is 0 Å². The number of piperazine rings is 1. The Balaban J connectivity index is 1.44. The standard InChI is InChI=1S/C15H23N5/c1-19-7-9-20(10-8-19)6-5-16-11-13-12-18-15-14(13)3-2-4-17-15/h2-4,12,16H,5-11H2,1H3,(H,17,18). The zero-order valence-electron chi connectivity index (χ0n) is 12.1. The molecule has 108 valence electrons. The van der Waals surface area contributed by atoms with Crippen LogP contribution >= 0.6 is 0 Å². The Labute approximate surface area is 120 Å². The van der Waals surface area contributed by atoms with Crippen molar-refractivity contribution in [3.05, 3.63) is 30.1 Å². The summed E-state index contributed by atoms with van der Waals surface area (Å²) in [5.41, 5.74) is 2.27. The zero-order chi connectivity index (χ0) is 13.8. The van der Waals surface area contributed by atoms with Crippen molar-refractivity contribution in [1.82, 2.24) is 25.1 Å². The molecule has 2 aromatic heterocycles. The highest BCUT2D eigenvalue weighted by Crippen LogP contribution is 2.14. The molecule has 1 fully saturated rings. The van der Waals surface area contributed by atoms with Crippen molar-refractivity contribution in [3.63, 3.8) is 0 Å². The number of aromatic nitrogens is 2. The summed E-state index contributed by atoms with van der Waals surface area (Å²) in [7, 11) is 2.20. The minimum absolute atomic E-state index is 0.902. The van der Waals surface area contributed by atoms with Crippen LogP contribution in [0.5, 0.6) is 0 Å². The number of likely N-dealkylation sites (N-methyl/N-ethyl adjacent to an activating group) is 1. The lowest BCUT2D eigenvalue weighted by molar-refractivity contribution is 0.154. The van der Waals surface area contributed by atoms with Crippen LogP contribution < -0.4 is 5.32 Å². The van der Waals surface area contributed by atoms with E-state index in [9.17, 15) is 0 Å². The molecule has 1 aliphatic heterocycles. The summed E-state index contributed by atoms with van der Waals surface area (Å²) in [5, 5.41) is 4.76. The van der Waals surface area contributed by atoms with Gasteiger partial charge in [-0.3, -0.25) is 4.90 Å². The first-order valence-electron chi connectivity index (χ1n) is 7.35. The van der Waals surface area contributed by atoms with Gasteiger partial charge in [-0.05, 0) is 24.7 Å². The minimum Gasteiger partial charge on any atom is -0.346 e. The van der Waals surface area contributed by atoms with Gasteiger partial charge < -0.3 is 15.2 Å². The SMILES string of the molecule is CN1CCN(CCNCc2c[nH]c3ncccc23)CC1. The Bertz CT molecular complexity index is 542. The number of H-pyrrole nitrogens is 1. The van der Waals surface area contributed by atoms with E-state index in [1.165, 1.54) is 37.1 Å². The van der Waals surface area contributed by atoms with Gasteiger partial charge in [0.25, 0.3) is 0 Å². The van der Waals surface area contributed by atoms with Crippen LogP contribution in [-0.2, 0) is 6.54 Å². The highest BCUT2D eigenvalue weighted by molar-refractivity contribution is 5.79. The molecule has 2 aromatic rings. The van der Waals surface area contributed by atoms with E-state index < -0.39 is 0 Å². The fraction of sp³-hybridized carbons (Fsp3) is 0.533. The molecule has 1 saturated heterocycles. The maximum absolute atomic E-state index is 4.31. The minimum atomic E-state index is 0.902. The summed E-state index contributed by atoms with van der Waals surface area (Å²) in [4.78, 5) is 12.5. The zero-order valence-corrected chi connectivity index (χ0v) is 12.1. The Morgan fingerprint density at radius 2 is 2.15 bits per heavy atom. The first kappa shape index (κ1) is 13.5. The lowest BCUT2D eigenvalue weighted by atomic mass is 10.2. The van der Waals surface area contributed by atoms with Crippen molar-refractivity contribution < 1.29 is 0 Å². The predicted octanol–water partition coefficient (Wildman–Crippen LogP) is 0.900. The molecule has 2 N–H and O–H groups in total. The van der Waals surface area contributed by atoms with Gasteiger partial charge in [-0.15, -0.1) is 0 Å². The van der Waals surface area contributed by atoms with Crippen LogP contribution in [0.3, 0.4) is 0 Å². The lowest BCUT2D eigenvalue weighted by Crippen LogP contribution is -2.46. The van der Waals surface area contributed by atoms with Gasteiger partial charge >= 0.3 is 0 Å². The lowest BCUT2D eigenvalue weighted by Gasteiger charge is -2.32. The van der Waals surface area contributed by atoms with E-state index in [2.05, 4.69) is 44.4 Å². The van der Waals surface area contributed by atoms with E-state index in [1.807, 2.05) is 12.3 Å². The fourth-order valence-electron chi connectivity index (χ4n) is 2.69. The van der Waals surface area contributed by atoms with Crippen molar-refractivity contribution in [2.24, 2.45) is 0 Å². The van der Waals surface area contributed by atoms with Gasteiger partial charge in [-0.2, -0.15) is 0 Å². The van der Waals surface area contributed by atoms with Crippen molar-refractivity contribution in [3.8, 4) is 0 Å². The second-order valence-corrected chi connectivity index (χ2v) is 5.54. The molecule has 0 unspecified atom stereocenters. The number of rotatable bonds is 5. The van der Waals surface area contributed by atoms with Crippen LogP contribution in [-0.4, -0.2) is 66.1 Å². The van der Waals surface area contributed by atoms with Crippen LogP contribution in [0, 0.1) is 0 Å². The number of pyridine rings is 1. The molecule has 3 rings (SSSR count). The Hall–Kier alpha value is -1.43. The topological polar surface area (TPSA) is 47.2 Å². The number of aromatic amines is 1. The summed E-state index contributed by atoms with van der Waals surface area (Å²) in [6.45, 7) is 7.83. The number of hydrogen-bond donors (Lipinski definition) is 2. The van der Waals surface area contributed by atoms with Gasteiger partial charge in [0, 0.05) is 63.6 Å². The molecule has 20 heavy (non-hydrogen) atoms. The van der Waals surface area contributed by atoms with Gasteiger partial charge in [-0.1, -0.05) is 0 Å². The van der Waals surface area contributed by atoms with Crippen molar-refractivity contribution >= 4 is 11.0 Å². The second kappa shape index (κ2) is 6.35. The Kier molecular flexibility index (Phi) is 4.30. The van der Waals surface area contributed by atoms with Crippen LogP contribution in [0.2, 0.25) is 0 Å². The molecule has 3 heterocycles. The highest BCUT2D eigenvalue weighted by atomic mass is 15.2. The summed E-state index contributed by atoms with van der Waals surface area (Å²) in [5.74, 6) is 0. The molecule has 0 aromatic carbocycles. The normalized spacial score (nSPS) is 17.9. The Morgan fingerprint density at radius 3 is 3.00 bits per heavy atom. The molecule has 0 atom stereocenters. The van der Waals surface area contributed by atoms with E-state index in [1.54, 1.807) is 0 Å². The third-order valence-corrected chi connectivity index (χ3v) is 4.05. The maximum Gasteiger partial charge on any atom is 0.137 e. The molecule has 0 saturated carbocycles. The highest BCUT2D eigenvalue weighted by Gasteiger charge is 2.12. The monoisotopic (exact) mass is 273 g/mol. The first-order valence-corrected chi connectivity index (χ1v) is 7.35.